The van der Waals surface area contributed by atoms with Crippen LogP contribution < -0.4 is 5.73 Å². The van der Waals surface area contributed by atoms with E-state index in [9.17, 15) is 0 Å². The van der Waals surface area contributed by atoms with Gasteiger partial charge in [-0.25, -0.2) is 0 Å². The molecule has 0 fully saturated rings. The van der Waals surface area contributed by atoms with E-state index in [0.717, 1.165) is 10.6 Å². The van der Waals surface area contributed by atoms with Crippen molar-refractivity contribution in [1.82, 2.24) is 4.90 Å². The minimum absolute atomic E-state index is 0.0621. The number of nitriles is 1. The summed E-state index contributed by atoms with van der Waals surface area (Å²) in [7, 11) is 0. The van der Waals surface area contributed by atoms with E-state index < -0.39 is 0 Å². The van der Waals surface area contributed by atoms with Gasteiger partial charge in [0.15, 0.2) is 0 Å². The van der Waals surface area contributed by atoms with Gasteiger partial charge in [0.2, 0.25) is 0 Å². The van der Waals surface area contributed by atoms with Crippen LogP contribution in [0.15, 0.2) is 24.3 Å². The molecule has 0 heterocycles. The Balaban J connectivity index is 2.99. The van der Waals surface area contributed by atoms with Crippen LogP contribution in [-0.4, -0.2) is 24.0 Å². The van der Waals surface area contributed by atoms with Gasteiger partial charge in [0.05, 0.1) is 6.07 Å². The van der Waals surface area contributed by atoms with Crippen LogP contribution in [0.2, 0.25) is 5.02 Å². The molecule has 1 aromatic carbocycles. The second-order valence-corrected chi connectivity index (χ2v) is 4.92. The molecule has 0 aliphatic heterocycles. The third-order valence-electron chi connectivity index (χ3n) is 3.03. The van der Waals surface area contributed by atoms with Crippen molar-refractivity contribution in [2.45, 2.75) is 32.4 Å². The molecule has 1 aromatic rings. The van der Waals surface area contributed by atoms with Crippen molar-refractivity contribution >= 4 is 11.6 Å². The molecule has 0 amide bonds. The molecule has 0 radical (unpaired) electrons. The minimum Gasteiger partial charge on any atom is -0.329 e. The molecular formula is C14H20ClN3. The molecule has 1 atom stereocenters. The highest BCUT2D eigenvalue weighted by atomic mass is 35.5. The van der Waals surface area contributed by atoms with Gasteiger partial charge in [0, 0.05) is 36.6 Å². The Labute approximate surface area is 114 Å². The maximum Gasteiger partial charge on any atom is 0.0635 e. The predicted octanol–water partition coefficient (Wildman–Crippen LogP) is 2.96. The maximum absolute atomic E-state index is 8.74. The number of nitrogens with zero attached hydrogens (tertiary/aromatic N) is 2. The lowest BCUT2D eigenvalue weighted by Crippen LogP contribution is -2.39. The fraction of sp³-hybridized carbons (Fsp3) is 0.500. The molecule has 1 unspecified atom stereocenters. The summed E-state index contributed by atoms with van der Waals surface area (Å²) in [5.41, 5.74) is 6.94. The fourth-order valence-corrected chi connectivity index (χ4v) is 2.40. The molecule has 3 nitrogen and oxygen atoms in total. The van der Waals surface area contributed by atoms with Crippen LogP contribution in [0.4, 0.5) is 0 Å². The SMILES string of the molecule is CC(C)N(CCC#N)C(CN)c1ccccc1Cl. The Hall–Kier alpha value is -1.08. The number of rotatable bonds is 6. The molecule has 0 aliphatic carbocycles. The lowest BCUT2D eigenvalue weighted by atomic mass is 10.0. The topological polar surface area (TPSA) is 53.0 Å². The van der Waals surface area contributed by atoms with Gasteiger partial charge in [0.25, 0.3) is 0 Å². The lowest BCUT2D eigenvalue weighted by molar-refractivity contribution is 0.161. The Morgan fingerprint density at radius 3 is 2.56 bits per heavy atom. The third kappa shape index (κ3) is 3.71. The Morgan fingerprint density at radius 2 is 2.06 bits per heavy atom. The highest BCUT2D eigenvalue weighted by molar-refractivity contribution is 6.31. The van der Waals surface area contributed by atoms with Crippen molar-refractivity contribution in [3.8, 4) is 6.07 Å². The van der Waals surface area contributed by atoms with E-state index in [4.69, 9.17) is 22.6 Å². The summed E-state index contributed by atoms with van der Waals surface area (Å²) in [5, 5.41) is 9.47. The molecule has 4 heteroatoms. The number of hydrogen-bond donors (Lipinski definition) is 1. The van der Waals surface area contributed by atoms with Gasteiger partial charge in [-0.1, -0.05) is 29.8 Å². The first-order valence-electron chi connectivity index (χ1n) is 6.19. The molecule has 98 valence electrons. The molecule has 0 saturated carbocycles. The van der Waals surface area contributed by atoms with Crippen molar-refractivity contribution in [2.75, 3.05) is 13.1 Å². The van der Waals surface area contributed by atoms with Crippen LogP contribution >= 0.6 is 11.6 Å². The average Bonchev–Trinajstić information content (AvgIpc) is 2.35. The van der Waals surface area contributed by atoms with Crippen LogP contribution in [0, 0.1) is 11.3 Å². The molecule has 0 saturated heterocycles. The van der Waals surface area contributed by atoms with Crippen molar-refractivity contribution < 1.29 is 0 Å². The van der Waals surface area contributed by atoms with Gasteiger partial charge in [-0.3, -0.25) is 4.90 Å². The van der Waals surface area contributed by atoms with E-state index in [-0.39, 0.29) is 6.04 Å². The monoisotopic (exact) mass is 265 g/mol. The molecule has 2 N–H and O–H groups in total. The minimum atomic E-state index is 0.0621. The van der Waals surface area contributed by atoms with Crippen LogP contribution in [0.25, 0.3) is 0 Å². The molecule has 0 bridgehead atoms. The van der Waals surface area contributed by atoms with Gasteiger partial charge >= 0.3 is 0 Å². The highest BCUT2D eigenvalue weighted by Crippen LogP contribution is 2.28. The summed E-state index contributed by atoms with van der Waals surface area (Å²) < 4.78 is 0. The van der Waals surface area contributed by atoms with Crippen molar-refractivity contribution in [1.29, 1.82) is 5.26 Å². The average molecular weight is 266 g/mol. The zero-order valence-electron chi connectivity index (χ0n) is 10.9. The standard InChI is InChI=1S/C14H20ClN3/c1-11(2)18(9-5-8-16)14(10-17)12-6-3-4-7-13(12)15/h3-4,6-7,11,14H,5,9-10,17H2,1-2H3. The second kappa shape index (κ2) is 7.38. The fourth-order valence-electron chi connectivity index (χ4n) is 2.14. The zero-order valence-corrected chi connectivity index (χ0v) is 11.7. The van der Waals surface area contributed by atoms with Crippen LogP contribution in [0.1, 0.15) is 31.9 Å². The summed E-state index contributed by atoms with van der Waals surface area (Å²) in [6, 6.07) is 10.3. The first kappa shape index (κ1) is 15.0. The normalized spacial score (nSPS) is 12.7. The van der Waals surface area contributed by atoms with E-state index >= 15 is 0 Å². The molecule has 0 spiro atoms. The van der Waals surface area contributed by atoms with Crippen LogP contribution in [0.5, 0.6) is 0 Å². The van der Waals surface area contributed by atoms with E-state index in [0.29, 0.717) is 25.6 Å². The van der Waals surface area contributed by atoms with E-state index in [1.807, 2.05) is 24.3 Å². The first-order chi connectivity index (χ1) is 8.61. The van der Waals surface area contributed by atoms with Crippen molar-refractivity contribution in [2.24, 2.45) is 5.73 Å². The van der Waals surface area contributed by atoms with Crippen molar-refractivity contribution in [3.05, 3.63) is 34.9 Å². The number of nitrogens with two attached hydrogens (primary N) is 1. The molecular weight excluding hydrogens is 246 g/mol. The van der Waals surface area contributed by atoms with Gasteiger partial charge in [0.1, 0.15) is 0 Å². The predicted molar refractivity (Wildman–Crippen MR) is 75.3 cm³/mol. The summed E-state index contributed by atoms with van der Waals surface area (Å²) in [5.74, 6) is 0. The summed E-state index contributed by atoms with van der Waals surface area (Å²) in [4.78, 5) is 2.23. The molecule has 0 aliphatic rings. The van der Waals surface area contributed by atoms with E-state index in [2.05, 4.69) is 24.8 Å². The van der Waals surface area contributed by atoms with Crippen molar-refractivity contribution in [3.63, 3.8) is 0 Å². The maximum atomic E-state index is 8.74. The lowest BCUT2D eigenvalue weighted by Gasteiger charge is -2.34. The Bertz CT molecular complexity index is 412. The molecule has 0 aromatic heterocycles. The van der Waals surface area contributed by atoms with Gasteiger partial charge < -0.3 is 5.73 Å². The zero-order chi connectivity index (χ0) is 13.5. The van der Waals surface area contributed by atoms with Gasteiger partial charge in [-0.2, -0.15) is 5.26 Å². The number of halogens is 1. The van der Waals surface area contributed by atoms with E-state index in [1.54, 1.807) is 0 Å². The summed E-state index contributed by atoms with van der Waals surface area (Å²) in [6.45, 7) is 5.42. The summed E-state index contributed by atoms with van der Waals surface area (Å²) >= 11 is 6.23. The largest absolute Gasteiger partial charge is 0.329 e. The summed E-state index contributed by atoms with van der Waals surface area (Å²) in [6.07, 6.45) is 0.499. The molecule has 18 heavy (non-hydrogen) atoms. The number of benzene rings is 1. The quantitative estimate of drug-likeness (QED) is 0.860. The third-order valence-corrected chi connectivity index (χ3v) is 3.38. The van der Waals surface area contributed by atoms with Crippen LogP contribution in [0.3, 0.4) is 0 Å². The first-order valence-corrected chi connectivity index (χ1v) is 6.56. The highest BCUT2D eigenvalue weighted by Gasteiger charge is 2.22. The Kier molecular flexibility index (Phi) is 6.14. The van der Waals surface area contributed by atoms with Gasteiger partial charge in [-0.05, 0) is 25.5 Å². The number of hydrogen-bond acceptors (Lipinski definition) is 3. The van der Waals surface area contributed by atoms with Gasteiger partial charge in [-0.15, -0.1) is 0 Å². The smallest absolute Gasteiger partial charge is 0.0635 e. The molecule has 1 rings (SSSR count). The van der Waals surface area contributed by atoms with E-state index in [1.165, 1.54) is 0 Å². The Morgan fingerprint density at radius 1 is 1.39 bits per heavy atom. The van der Waals surface area contributed by atoms with Crippen LogP contribution in [-0.2, 0) is 0 Å². The second-order valence-electron chi connectivity index (χ2n) is 4.51.